The maximum absolute atomic E-state index is 13.9. The van der Waals surface area contributed by atoms with Crippen molar-refractivity contribution < 1.29 is 18.0 Å². The van der Waals surface area contributed by atoms with Crippen molar-refractivity contribution in [3.63, 3.8) is 0 Å². The van der Waals surface area contributed by atoms with Gasteiger partial charge in [0.1, 0.15) is 5.82 Å². The molecule has 1 aliphatic heterocycles. The van der Waals surface area contributed by atoms with Gasteiger partial charge in [-0.25, -0.2) is 4.68 Å². The summed E-state index contributed by atoms with van der Waals surface area (Å²) in [5.41, 5.74) is 1.23. The van der Waals surface area contributed by atoms with Crippen LogP contribution in [0.2, 0.25) is 0 Å². The van der Waals surface area contributed by atoms with Crippen LogP contribution in [0.25, 0.3) is 0 Å². The summed E-state index contributed by atoms with van der Waals surface area (Å²) in [7, 11) is 0. The van der Waals surface area contributed by atoms with Gasteiger partial charge in [-0.3, -0.25) is 4.79 Å². The molecule has 8 heteroatoms. The number of benzene rings is 1. The van der Waals surface area contributed by atoms with Gasteiger partial charge in [0.05, 0.1) is 6.04 Å². The van der Waals surface area contributed by atoms with Crippen molar-refractivity contribution in [3.8, 4) is 0 Å². The number of anilines is 1. The average Bonchev–Trinajstić information content (AvgIpc) is 3.02. The minimum atomic E-state index is -4.48. The van der Waals surface area contributed by atoms with Crippen molar-refractivity contribution >= 4 is 11.7 Å². The zero-order valence-electron chi connectivity index (χ0n) is 18.9. The second-order valence-electron chi connectivity index (χ2n) is 10.3. The molecule has 1 aromatic heterocycles. The summed E-state index contributed by atoms with van der Waals surface area (Å²) in [6, 6.07) is 6.48. The summed E-state index contributed by atoms with van der Waals surface area (Å²) in [6.45, 7) is 11.9. The monoisotopic (exact) mass is 436 g/mol. The number of aromatic nitrogens is 2. The lowest BCUT2D eigenvalue weighted by atomic mass is 9.82. The number of amides is 1. The first-order chi connectivity index (χ1) is 14.1. The van der Waals surface area contributed by atoms with Crippen molar-refractivity contribution in [3.05, 3.63) is 47.2 Å². The van der Waals surface area contributed by atoms with Crippen LogP contribution in [-0.2, 0) is 0 Å². The molecule has 1 aromatic carbocycles. The molecular weight excluding hydrogens is 405 g/mol. The molecule has 1 amide bonds. The molecule has 0 radical (unpaired) electrons. The van der Waals surface area contributed by atoms with Gasteiger partial charge in [-0.15, -0.1) is 0 Å². The van der Waals surface area contributed by atoms with E-state index in [2.05, 4.69) is 36.5 Å². The summed E-state index contributed by atoms with van der Waals surface area (Å²) in [5.74, 6) is -0.288. The normalized spacial score (nSPS) is 19.5. The van der Waals surface area contributed by atoms with E-state index in [9.17, 15) is 18.0 Å². The molecular formula is C23H31F3N4O. The van der Waals surface area contributed by atoms with Crippen molar-refractivity contribution in [2.75, 3.05) is 5.32 Å². The van der Waals surface area contributed by atoms with Crippen LogP contribution < -0.4 is 10.6 Å². The van der Waals surface area contributed by atoms with Crippen LogP contribution >= 0.6 is 0 Å². The summed E-state index contributed by atoms with van der Waals surface area (Å²) in [4.78, 5) is 12.8. The Kier molecular flexibility index (Phi) is 5.88. The lowest BCUT2D eigenvalue weighted by molar-refractivity contribution is -0.173. The van der Waals surface area contributed by atoms with Crippen LogP contribution in [0.1, 0.15) is 81.2 Å². The molecule has 2 atom stereocenters. The number of hydrogen-bond acceptors (Lipinski definition) is 3. The summed E-state index contributed by atoms with van der Waals surface area (Å²) in [6.07, 6.45) is -3.97. The largest absolute Gasteiger partial charge is 0.410 e. The highest BCUT2D eigenvalue weighted by Crippen LogP contribution is 2.43. The van der Waals surface area contributed by atoms with Gasteiger partial charge in [0.25, 0.3) is 5.91 Å². The quantitative estimate of drug-likeness (QED) is 0.637. The van der Waals surface area contributed by atoms with Gasteiger partial charge in [0, 0.05) is 18.0 Å². The van der Waals surface area contributed by atoms with Crippen molar-refractivity contribution in [1.29, 1.82) is 0 Å². The second kappa shape index (κ2) is 7.88. The smallest absolute Gasteiger partial charge is 0.363 e. The number of carbonyl (C=O) groups is 1. The van der Waals surface area contributed by atoms with Crippen molar-refractivity contribution in [1.82, 2.24) is 15.1 Å². The number of nitrogens with zero attached hydrogens (tertiary/aromatic N) is 2. The van der Waals surface area contributed by atoms with E-state index in [1.54, 1.807) is 0 Å². The van der Waals surface area contributed by atoms with Gasteiger partial charge in [-0.1, -0.05) is 50.6 Å². The highest BCUT2D eigenvalue weighted by molar-refractivity contribution is 5.93. The van der Waals surface area contributed by atoms with E-state index in [1.807, 2.05) is 45.0 Å². The number of aryl methyl sites for hydroxylation is 1. The van der Waals surface area contributed by atoms with Crippen LogP contribution in [-0.4, -0.2) is 27.4 Å². The second-order valence-corrected chi connectivity index (χ2v) is 10.3. The fraction of sp³-hybridized carbons (Fsp3) is 0.565. The first-order valence-electron chi connectivity index (χ1n) is 10.5. The summed E-state index contributed by atoms with van der Waals surface area (Å²) >= 11 is 0. The highest BCUT2D eigenvalue weighted by atomic mass is 19.4. The van der Waals surface area contributed by atoms with Crippen LogP contribution in [0.15, 0.2) is 30.3 Å². The molecule has 2 aromatic rings. The Balaban J connectivity index is 1.89. The lowest BCUT2D eigenvalue weighted by Gasteiger charge is -2.33. The van der Waals surface area contributed by atoms with E-state index < -0.39 is 29.7 Å². The fourth-order valence-corrected chi connectivity index (χ4v) is 4.44. The van der Waals surface area contributed by atoms with E-state index in [-0.39, 0.29) is 23.3 Å². The average molecular weight is 437 g/mol. The molecule has 0 saturated carbocycles. The lowest BCUT2D eigenvalue weighted by Crippen LogP contribution is -2.46. The van der Waals surface area contributed by atoms with E-state index in [0.717, 1.165) is 15.8 Å². The third-order valence-electron chi connectivity index (χ3n) is 5.33. The maximum Gasteiger partial charge on any atom is 0.410 e. The Bertz CT molecular complexity index is 939. The fourth-order valence-electron chi connectivity index (χ4n) is 4.44. The predicted octanol–water partition coefficient (Wildman–Crippen LogP) is 5.80. The van der Waals surface area contributed by atoms with E-state index in [4.69, 9.17) is 0 Å². The Morgan fingerprint density at radius 1 is 1.16 bits per heavy atom. The van der Waals surface area contributed by atoms with E-state index >= 15 is 0 Å². The maximum atomic E-state index is 13.9. The zero-order valence-corrected chi connectivity index (χ0v) is 18.9. The molecule has 0 fully saturated rings. The van der Waals surface area contributed by atoms with Gasteiger partial charge in [-0.2, -0.15) is 18.3 Å². The van der Waals surface area contributed by atoms with Crippen LogP contribution in [0.5, 0.6) is 0 Å². The highest BCUT2D eigenvalue weighted by Gasteiger charge is 2.47. The van der Waals surface area contributed by atoms with Crippen LogP contribution in [0.4, 0.5) is 19.0 Å². The molecule has 1 aliphatic rings. The molecule has 0 aliphatic carbocycles. The van der Waals surface area contributed by atoms with Crippen molar-refractivity contribution in [2.24, 2.45) is 5.41 Å². The topological polar surface area (TPSA) is 59.0 Å². The molecule has 0 spiro atoms. The minimum absolute atomic E-state index is 0.0194. The Morgan fingerprint density at radius 2 is 1.77 bits per heavy atom. The standard InChI is InChI=1S/C23H31F3N4O/c1-14-7-9-15(10-8-14)16-11-18(23(24,25)26)30-19(27-16)12-17(29-30)20(31)28-22(5,6)13-21(2,3)4/h7-10,12,16,18,27H,11,13H2,1-6H3,(H,28,31)/t16-,18-/m0/s1. The van der Waals surface area contributed by atoms with E-state index in [0.29, 0.717) is 6.42 Å². The number of fused-ring (bicyclic) bond motifs is 1. The summed E-state index contributed by atoms with van der Waals surface area (Å²) in [5, 5.41) is 10.1. The number of nitrogens with one attached hydrogen (secondary N) is 2. The van der Waals surface area contributed by atoms with Crippen molar-refractivity contribution in [2.45, 2.75) is 78.2 Å². The molecule has 31 heavy (non-hydrogen) atoms. The summed E-state index contributed by atoms with van der Waals surface area (Å²) < 4.78 is 42.5. The third kappa shape index (κ3) is 5.60. The molecule has 0 unspecified atom stereocenters. The molecule has 0 saturated heterocycles. The number of rotatable bonds is 4. The Hall–Kier alpha value is -2.51. The van der Waals surface area contributed by atoms with Crippen LogP contribution in [0, 0.1) is 12.3 Å². The number of carbonyl (C=O) groups excluding carboxylic acids is 1. The SMILES string of the molecule is Cc1ccc([C@@H]2C[C@@H](C(F)(F)F)n3nc(C(=O)NC(C)(C)CC(C)(C)C)cc3N2)cc1. The minimum Gasteiger partial charge on any atom is -0.363 e. The Labute approximate surface area is 181 Å². The zero-order chi connectivity index (χ0) is 23.2. The molecule has 170 valence electrons. The first-order valence-corrected chi connectivity index (χ1v) is 10.5. The molecule has 2 N–H and O–H groups in total. The van der Waals surface area contributed by atoms with Gasteiger partial charge in [-0.05, 0) is 38.2 Å². The van der Waals surface area contributed by atoms with Gasteiger partial charge in [0.2, 0.25) is 0 Å². The van der Waals surface area contributed by atoms with Gasteiger partial charge >= 0.3 is 6.18 Å². The molecule has 2 heterocycles. The Morgan fingerprint density at radius 3 is 2.32 bits per heavy atom. The first kappa shape index (κ1) is 23.2. The van der Waals surface area contributed by atoms with Gasteiger partial charge < -0.3 is 10.6 Å². The number of hydrogen-bond donors (Lipinski definition) is 2. The van der Waals surface area contributed by atoms with E-state index in [1.165, 1.54) is 6.07 Å². The number of halogens is 3. The molecule has 3 rings (SSSR count). The van der Waals surface area contributed by atoms with Gasteiger partial charge in [0.15, 0.2) is 11.7 Å². The number of alkyl halides is 3. The third-order valence-corrected chi connectivity index (χ3v) is 5.33. The molecule has 0 bridgehead atoms. The molecule has 5 nitrogen and oxygen atoms in total. The van der Waals surface area contributed by atoms with Crippen LogP contribution in [0.3, 0.4) is 0 Å². The predicted molar refractivity (Wildman–Crippen MR) is 115 cm³/mol.